The maximum absolute atomic E-state index is 9.16. The first-order valence-electron chi connectivity index (χ1n) is 5.97. The zero-order valence-corrected chi connectivity index (χ0v) is 11.8. The van der Waals surface area contributed by atoms with E-state index < -0.39 is 0 Å². The van der Waals surface area contributed by atoms with Crippen LogP contribution < -0.4 is 5.32 Å². The Kier molecular flexibility index (Phi) is 3.44. The monoisotopic (exact) mass is 292 g/mol. The van der Waals surface area contributed by atoms with Crippen LogP contribution in [0.4, 0.5) is 5.69 Å². The highest BCUT2D eigenvalue weighted by Gasteiger charge is 2.31. The number of halogens is 1. The van der Waals surface area contributed by atoms with E-state index in [-0.39, 0.29) is 0 Å². The summed E-state index contributed by atoms with van der Waals surface area (Å²) in [6, 6.07) is 8.59. The molecule has 3 heteroatoms. The summed E-state index contributed by atoms with van der Waals surface area (Å²) >= 11 is 3.42. The number of nitriles is 1. The first kappa shape index (κ1) is 12.4. The molecule has 1 aliphatic carbocycles. The number of rotatable bonds is 2. The van der Waals surface area contributed by atoms with Crippen LogP contribution in [0.1, 0.15) is 38.7 Å². The van der Waals surface area contributed by atoms with Crippen LogP contribution in [0.15, 0.2) is 22.7 Å². The van der Waals surface area contributed by atoms with Crippen molar-refractivity contribution in [2.75, 3.05) is 5.32 Å². The lowest BCUT2D eigenvalue weighted by atomic mass is 9.92. The summed E-state index contributed by atoms with van der Waals surface area (Å²) in [7, 11) is 0. The molecular formula is C14H17BrN2. The second kappa shape index (κ2) is 4.70. The third kappa shape index (κ3) is 2.81. The number of anilines is 1. The fourth-order valence-corrected chi connectivity index (χ4v) is 2.99. The van der Waals surface area contributed by atoms with E-state index in [0.29, 0.717) is 17.0 Å². The van der Waals surface area contributed by atoms with Crippen LogP contribution in [-0.4, -0.2) is 6.04 Å². The molecule has 0 spiro atoms. The normalized spacial score (nSPS) is 22.1. The molecule has 0 bridgehead atoms. The lowest BCUT2D eigenvalue weighted by Gasteiger charge is -2.19. The Morgan fingerprint density at radius 3 is 2.82 bits per heavy atom. The van der Waals surface area contributed by atoms with E-state index in [4.69, 9.17) is 5.26 Å². The Labute approximate surface area is 111 Å². The number of benzene rings is 1. The summed E-state index contributed by atoms with van der Waals surface area (Å²) in [6.45, 7) is 4.61. The van der Waals surface area contributed by atoms with Crippen molar-refractivity contribution in [2.24, 2.45) is 5.41 Å². The van der Waals surface area contributed by atoms with E-state index in [1.165, 1.54) is 19.3 Å². The van der Waals surface area contributed by atoms with Crippen molar-refractivity contribution in [3.63, 3.8) is 0 Å². The zero-order valence-electron chi connectivity index (χ0n) is 10.3. The van der Waals surface area contributed by atoms with Gasteiger partial charge < -0.3 is 5.32 Å². The van der Waals surface area contributed by atoms with E-state index >= 15 is 0 Å². The van der Waals surface area contributed by atoms with Gasteiger partial charge in [-0.25, -0.2) is 0 Å². The third-order valence-corrected chi connectivity index (χ3v) is 4.11. The second-order valence-electron chi connectivity index (χ2n) is 5.52. The van der Waals surface area contributed by atoms with Crippen molar-refractivity contribution in [1.29, 1.82) is 5.26 Å². The van der Waals surface area contributed by atoms with E-state index in [1.54, 1.807) is 0 Å². The molecule has 0 aromatic heterocycles. The predicted molar refractivity (Wildman–Crippen MR) is 73.9 cm³/mol. The Morgan fingerprint density at radius 2 is 2.24 bits per heavy atom. The maximum Gasteiger partial charge on any atom is 0.103 e. The van der Waals surface area contributed by atoms with Gasteiger partial charge in [0.15, 0.2) is 0 Å². The van der Waals surface area contributed by atoms with Gasteiger partial charge in [0.2, 0.25) is 0 Å². The fourth-order valence-electron chi connectivity index (χ4n) is 2.54. The molecule has 1 unspecified atom stereocenters. The van der Waals surface area contributed by atoms with Crippen LogP contribution in [0.2, 0.25) is 0 Å². The van der Waals surface area contributed by atoms with Crippen LogP contribution in [0.3, 0.4) is 0 Å². The van der Waals surface area contributed by atoms with E-state index in [9.17, 15) is 0 Å². The van der Waals surface area contributed by atoms with E-state index in [1.807, 2.05) is 18.2 Å². The average Bonchev–Trinajstić information content (AvgIpc) is 2.58. The second-order valence-corrected chi connectivity index (χ2v) is 6.38. The Bertz CT molecular complexity index is 460. The summed E-state index contributed by atoms with van der Waals surface area (Å²) < 4.78 is 0.863. The molecule has 90 valence electrons. The fraction of sp³-hybridized carbons (Fsp3) is 0.500. The molecule has 1 aromatic carbocycles. The Balaban J connectivity index is 2.15. The molecule has 1 fully saturated rings. The van der Waals surface area contributed by atoms with Crippen molar-refractivity contribution in [2.45, 2.75) is 39.2 Å². The van der Waals surface area contributed by atoms with Gasteiger partial charge in [-0.15, -0.1) is 0 Å². The molecule has 1 aromatic rings. The highest BCUT2D eigenvalue weighted by molar-refractivity contribution is 9.10. The van der Waals surface area contributed by atoms with E-state index in [2.05, 4.69) is 41.2 Å². The van der Waals surface area contributed by atoms with Crippen molar-refractivity contribution in [1.82, 2.24) is 0 Å². The molecule has 2 rings (SSSR count). The number of hydrogen-bond acceptors (Lipinski definition) is 2. The molecule has 0 amide bonds. The van der Waals surface area contributed by atoms with Gasteiger partial charge in [0, 0.05) is 10.5 Å². The average molecular weight is 293 g/mol. The topological polar surface area (TPSA) is 35.8 Å². The van der Waals surface area contributed by atoms with Crippen molar-refractivity contribution >= 4 is 21.6 Å². The van der Waals surface area contributed by atoms with Gasteiger partial charge in [-0.2, -0.15) is 5.26 Å². The summed E-state index contributed by atoms with van der Waals surface area (Å²) in [5, 5.41) is 12.7. The molecule has 1 atom stereocenters. The number of nitrogens with one attached hydrogen (secondary N) is 1. The standard InChI is InChI=1S/C14H17BrN2/c1-14(2)7-6-10(8-14)17-13-5-3-4-12(15)11(13)9-16/h3-5,10,17H,6-8H2,1-2H3. The highest BCUT2D eigenvalue weighted by atomic mass is 79.9. The van der Waals surface area contributed by atoms with Gasteiger partial charge in [-0.05, 0) is 52.7 Å². The van der Waals surface area contributed by atoms with Gasteiger partial charge in [-0.1, -0.05) is 19.9 Å². The summed E-state index contributed by atoms with van der Waals surface area (Å²) in [5.74, 6) is 0. The highest BCUT2D eigenvalue weighted by Crippen LogP contribution is 2.38. The molecule has 0 heterocycles. The minimum Gasteiger partial charge on any atom is -0.381 e. The van der Waals surface area contributed by atoms with Crippen LogP contribution in [0.5, 0.6) is 0 Å². The summed E-state index contributed by atoms with van der Waals surface area (Å²) in [4.78, 5) is 0. The molecular weight excluding hydrogens is 276 g/mol. The molecule has 1 N–H and O–H groups in total. The molecule has 1 saturated carbocycles. The molecule has 0 saturated heterocycles. The number of hydrogen-bond donors (Lipinski definition) is 1. The molecule has 17 heavy (non-hydrogen) atoms. The Morgan fingerprint density at radius 1 is 1.47 bits per heavy atom. The quantitative estimate of drug-likeness (QED) is 0.882. The smallest absolute Gasteiger partial charge is 0.103 e. The molecule has 0 aliphatic heterocycles. The van der Waals surface area contributed by atoms with Crippen LogP contribution in [0.25, 0.3) is 0 Å². The Hall–Kier alpha value is -1.01. The summed E-state index contributed by atoms with van der Waals surface area (Å²) in [6.07, 6.45) is 3.61. The van der Waals surface area contributed by atoms with Crippen LogP contribution >= 0.6 is 15.9 Å². The van der Waals surface area contributed by atoms with Crippen LogP contribution in [-0.2, 0) is 0 Å². The largest absolute Gasteiger partial charge is 0.381 e. The first-order valence-corrected chi connectivity index (χ1v) is 6.76. The molecule has 1 aliphatic rings. The first-order chi connectivity index (χ1) is 8.02. The number of nitrogens with zero attached hydrogens (tertiary/aromatic N) is 1. The van der Waals surface area contributed by atoms with Crippen molar-refractivity contribution in [3.8, 4) is 6.07 Å². The van der Waals surface area contributed by atoms with Gasteiger partial charge in [0.25, 0.3) is 0 Å². The third-order valence-electron chi connectivity index (χ3n) is 3.45. The van der Waals surface area contributed by atoms with Crippen LogP contribution in [0, 0.1) is 16.7 Å². The van der Waals surface area contributed by atoms with Gasteiger partial charge in [-0.3, -0.25) is 0 Å². The van der Waals surface area contributed by atoms with Gasteiger partial charge in [0.1, 0.15) is 6.07 Å². The summed E-state index contributed by atoms with van der Waals surface area (Å²) in [5.41, 5.74) is 2.08. The van der Waals surface area contributed by atoms with E-state index in [0.717, 1.165) is 10.2 Å². The molecule has 0 radical (unpaired) electrons. The van der Waals surface area contributed by atoms with Gasteiger partial charge in [0.05, 0.1) is 11.3 Å². The van der Waals surface area contributed by atoms with Crippen molar-refractivity contribution in [3.05, 3.63) is 28.2 Å². The maximum atomic E-state index is 9.16. The predicted octanol–water partition coefficient (Wildman–Crippen LogP) is 4.31. The molecule has 2 nitrogen and oxygen atoms in total. The van der Waals surface area contributed by atoms with Gasteiger partial charge >= 0.3 is 0 Å². The minimum atomic E-state index is 0.427. The minimum absolute atomic E-state index is 0.427. The SMILES string of the molecule is CC1(C)CCC(Nc2cccc(Br)c2C#N)C1. The van der Waals surface area contributed by atoms with Crippen molar-refractivity contribution < 1.29 is 0 Å². The zero-order chi connectivity index (χ0) is 12.5. The lowest BCUT2D eigenvalue weighted by molar-refractivity contribution is 0.378. The lowest BCUT2D eigenvalue weighted by Crippen LogP contribution is -2.18.